The fourth-order valence-electron chi connectivity index (χ4n) is 2.68. The molecule has 1 aromatic carbocycles. The summed E-state index contributed by atoms with van der Waals surface area (Å²) in [7, 11) is 0. The fraction of sp³-hybridized carbons (Fsp3) is 0.571. The van der Waals surface area contributed by atoms with Gasteiger partial charge in [-0.1, -0.05) is 6.92 Å². The maximum absolute atomic E-state index is 5.63. The number of likely N-dealkylation sites (N-methyl/N-ethyl adjacent to an activating group) is 1. The first-order valence-corrected chi connectivity index (χ1v) is 6.75. The van der Waals surface area contributed by atoms with Gasteiger partial charge in [0.25, 0.3) is 0 Å². The topological polar surface area (TPSA) is 33.7 Å². The van der Waals surface area contributed by atoms with Crippen LogP contribution in [0.4, 0.5) is 5.69 Å². The lowest BCUT2D eigenvalue weighted by atomic mass is 10.2. The molecule has 0 aliphatic carbocycles. The Morgan fingerprint density at radius 2 is 2.11 bits per heavy atom. The SMILES string of the molecule is CCNC1CCN(c2ccc3c(c2)OCCO3)C1. The zero-order valence-corrected chi connectivity index (χ0v) is 10.8. The molecular weight excluding hydrogens is 228 g/mol. The molecule has 4 heteroatoms. The third kappa shape index (κ3) is 2.25. The second kappa shape index (κ2) is 5.06. The van der Waals surface area contributed by atoms with E-state index in [1.165, 1.54) is 12.1 Å². The van der Waals surface area contributed by atoms with Gasteiger partial charge in [0.1, 0.15) is 13.2 Å². The van der Waals surface area contributed by atoms with Crippen molar-refractivity contribution in [2.45, 2.75) is 19.4 Å². The van der Waals surface area contributed by atoms with Gasteiger partial charge in [-0.25, -0.2) is 0 Å². The largest absolute Gasteiger partial charge is 0.486 e. The maximum Gasteiger partial charge on any atom is 0.163 e. The van der Waals surface area contributed by atoms with Crippen molar-refractivity contribution in [2.24, 2.45) is 0 Å². The molecule has 2 aliphatic rings. The number of anilines is 1. The van der Waals surface area contributed by atoms with Crippen molar-refractivity contribution in [3.05, 3.63) is 18.2 Å². The van der Waals surface area contributed by atoms with Gasteiger partial charge in [-0.05, 0) is 25.1 Å². The average Bonchev–Trinajstić information content (AvgIpc) is 2.87. The van der Waals surface area contributed by atoms with Crippen LogP contribution in [0.25, 0.3) is 0 Å². The van der Waals surface area contributed by atoms with Gasteiger partial charge >= 0.3 is 0 Å². The molecule has 1 aromatic rings. The minimum absolute atomic E-state index is 0.614. The first-order chi connectivity index (χ1) is 8.86. The number of rotatable bonds is 3. The van der Waals surface area contributed by atoms with Crippen LogP contribution in [-0.4, -0.2) is 38.9 Å². The first-order valence-electron chi connectivity index (χ1n) is 6.75. The minimum atomic E-state index is 0.614. The Kier molecular flexibility index (Phi) is 3.28. The minimum Gasteiger partial charge on any atom is -0.486 e. The number of hydrogen-bond donors (Lipinski definition) is 1. The highest BCUT2D eigenvalue weighted by Gasteiger charge is 2.23. The van der Waals surface area contributed by atoms with E-state index in [0.717, 1.165) is 31.1 Å². The summed E-state index contributed by atoms with van der Waals surface area (Å²) in [4.78, 5) is 2.41. The van der Waals surface area contributed by atoms with E-state index in [0.29, 0.717) is 19.3 Å². The van der Waals surface area contributed by atoms with E-state index in [1.807, 2.05) is 6.07 Å². The van der Waals surface area contributed by atoms with Crippen molar-refractivity contribution in [3.63, 3.8) is 0 Å². The number of ether oxygens (including phenoxy) is 2. The quantitative estimate of drug-likeness (QED) is 0.882. The Bertz CT molecular complexity index is 422. The molecule has 1 unspecified atom stereocenters. The van der Waals surface area contributed by atoms with E-state index >= 15 is 0 Å². The summed E-state index contributed by atoms with van der Waals surface area (Å²) in [6.45, 7) is 6.69. The van der Waals surface area contributed by atoms with Crippen molar-refractivity contribution < 1.29 is 9.47 Å². The standard InChI is InChI=1S/C14H20N2O2/c1-2-15-11-5-6-16(10-11)12-3-4-13-14(9-12)18-8-7-17-13/h3-4,9,11,15H,2,5-8,10H2,1H3. The van der Waals surface area contributed by atoms with Gasteiger partial charge in [-0.2, -0.15) is 0 Å². The van der Waals surface area contributed by atoms with Crippen molar-refractivity contribution in [3.8, 4) is 11.5 Å². The highest BCUT2D eigenvalue weighted by molar-refractivity contribution is 5.57. The van der Waals surface area contributed by atoms with E-state index in [1.54, 1.807) is 0 Å². The molecule has 0 radical (unpaired) electrons. The van der Waals surface area contributed by atoms with Gasteiger partial charge in [0.15, 0.2) is 11.5 Å². The Morgan fingerprint density at radius 1 is 1.28 bits per heavy atom. The predicted octanol–water partition coefficient (Wildman–Crippen LogP) is 1.65. The van der Waals surface area contributed by atoms with Gasteiger partial charge in [-0.15, -0.1) is 0 Å². The second-order valence-electron chi connectivity index (χ2n) is 4.82. The molecule has 1 saturated heterocycles. The summed E-state index contributed by atoms with van der Waals surface area (Å²) in [5.74, 6) is 1.75. The summed E-state index contributed by atoms with van der Waals surface area (Å²) >= 11 is 0. The number of nitrogens with one attached hydrogen (secondary N) is 1. The van der Waals surface area contributed by atoms with Crippen LogP contribution in [-0.2, 0) is 0 Å². The molecule has 1 atom stereocenters. The third-order valence-corrected chi connectivity index (χ3v) is 3.57. The molecule has 2 aliphatic heterocycles. The van der Waals surface area contributed by atoms with E-state index < -0.39 is 0 Å². The normalized spacial score (nSPS) is 22.3. The first kappa shape index (κ1) is 11.7. The molecule has 0 aromatic heterocycles. The summed E-state index contributed by atoms with van der Waals surface area (Å²) in [5.41, 5.74) is 1.24. The zero-order chi connectivity index (χ0) is 12.4. The van der Waals surface area contributed by atoms with Crippen LogP contribution >= 0.6 is 0 Å². The van der Waals surface area contributed by atoms with E-state index in [2.05, 4.69) is 29.3 Å². The Balaban J connectivity index is 1.73. The smallest absolute Gasteiger partial charge is 0.163 e. The highest BCUT2D eigenvalue weighted by atomic mass is 16.6. The monoisotopic (exact) mass is 248 g/mol. The second-order valence-corrected chi connectivity index (χ2v) is 4.82. The molecular formula is C14H20N2O2. The molecule has 0 spiro atoms. The number of nitrogens with zero attached hydrogens (tertiary/aromatic N) is 1. The molecule has 2 heterocycles. The highest BCUT2D eigenvalue weighted by Crippen LogP contribution is 2.34. The maximum atomic E-state index is 5.63. The van der Waals surface area contributed by atoms with E-state index in [4.69, 9.17) is 9.47 Å². The number of hydrogen-bond acceptors (Lipinski definition) is 4. The third-order valence-electron chi connectivity index (χ3n) is 3.57. The van der Waals surface area contributed by atoms with Crippen molar-refractivity contribution in [1.82, 2.24) is 5.32 Å². The van der Waals surface area contributed by atoms with Crippen molar-refractivity contribution in [1.29, 1.82) is 0 Å². The Hall–Kier alpha value is -1.42. The van der Waals surface area contributed by atoms with Crippen LogP contribution in [0.1, 0.15) is 13.3 Å². The summed E-state index contributed by atoms with van der Waals surface area (Å²) in [6, 6.07) is 6.86. The Labute approximate surface area is 108 Å². The molecule has 0 saturated carbocycles. The van der Waals surface area contributed by atoms with Gasteiger partial charge < -0.3 is 19.7 Å². The van der Waals surface area contributed by atoms with Crippen LogP contribution < -0.4 is 19.7 Å². The molecule has 1 N–H and O–H groups in total. The van der Waals surface area contributed by atoms with Crippen LogP contribution in [0.15, 0.2) is 18.2 Å². The lowest BCUT2D eigenvalue weighted by Gasteiger charge is -2.23. The Morgan fingerprint density at radius 3 is 2.94 bits per heavy atom. The van der Waals surface area contributed by atoms with Crippen LogP contribution in [0.2, 0.25) is 0 Å². The van der Waals surface area contributed by atoms with Crippen LogP contribution in [0, 0.1) is 0 Å². The van der Waals surface area contributed by atoms with E-state index in [-0.39, 0.29) is 0 Å². The molecule has 18 heavy (non-hydrogen) atoms. The van der Waals surface area contributed by atoms with Gasteiger partial charge in [0.2, 0.25) is 0 Å². The lowest BCUT2D eigenvalue weighted by Crippen LogP contribution is -2.32. The van der Waals surface area contributed by atoms with Crippen molar-refractivity contribution >= 4 is 5.69 Å². The number of benzene rings is 1. The predicted molar refractivity (Wildman–Crippen MR) is 71.7 cm³/mol. The molecule has 0 bridgehead atoms. The zero-order valence-electron chi connectivity index (χ0n) is 10.8. The summed E-state index contributed by atoms with van der Waals surface area (Å²) in [5, 5.41) is 3.51. The van der Waals surface area contributed by atoms with Gasteiger partial charge in [0, 0.05) is 30.9 Å². The lowest BCUT2D eigenvalue weighted by molar-refractivity contribution is 0.171. The molecule has 3 rings (SSSR count). The average molecular weight is 248 g/mol. The number of fused-ring (bicyclic) bond motifs is 1. The molecule has 98 valence electrons. The molecule has 1 fully saturated rings. The summed E-state index contributed by atoms with van der Waals surface area (Å²) < 4.78 is 11.2. The molecule has 4 nitrogen and oxygen atoms in total. The summed E-state index contributed by atoms with van der Waals surface area (Å²) in [6.07, 6.45) is 1.21. The van der Waals surface area contributed by atoms with Crippen LogP contribution in [0.3, 0.4) is 0 Å². The fourth-order valence-corrected chi connectivity index (χ4v) is 2.68. The van der Waals surface area contributed by atoms with E-state index in [9.17, 15) is 0 Å². The van der Waals surface area contributed by atoms with Crippen LogP contribution in [0.5, 0.6) is 11.5 Å². The van der Waals surface area contributed by atoms with Crippen molar-refractivity contribution in [2.75, 3.05) is 37.7 Å². The van der Waals surface area contributed by atoms with Gasteiger partial charge in [0.05, 0.1) is 0 Å². The molecule has 0 amide bonds. The van der Waals surface area contributed by atoms with Gasteiger partial charge in [-0.3, -0.25) is 0 Å².